The zero-order chi connectivity index (χ0) is 19.1. The molecule has 0 amide bonds. The van der Waals surface area contributed by atoms with Gasteiger partial charge in [0.25, 0.3) is 0 Å². The zero-order valence-electron chi connectivity index (χ0n) is 15.4. The Morgan fingerprint density at radius 1 is 1.12 bits per heavy atom. The molecule has 0 spiro atoms. The van der Waals surface area contributed by atoms with Crippen molar-refractivity contribution in [3.05, 3.63) is 40.8 Å². The lowest BCUT2D eigenvalue weighted by atomic mass is 10.2. The summed E-state index contributed by atoms with van der Waals surface area (Å²) in [6.45, 7) is 7.40. The lowest BCUT2D eigenvalue weighted by Gasteiger charge is -2.20. The standard InChI is InChI=1S/C18H26O6S/c1-14-6-8-16(9-7-14)25(20,21)13-15(12-23-11-10-22-5)17(19)24-18(2,3)4/h6-9,13H,10-12H2,1-5H3/b15-13+. The van der Waals surface area contributed by atoms with Gasteiger partial charge in [-0.05, 0) is 39.8 Å². The van der Waals surface area contributed by atoms with Crippen molar-refractivity contribution in [2.24, 2.45) is 0 Å². The van der Waals surface area contributed by atoms with Crippen LogP contribution in [0.1, 0.15) is 26.3 Å². The average Bonchev–Trinajstić information content (AvgIpc) is 2.49. The molecule has 0 unspecified atom stereocenters. The molecule has 0 aromatic heterocycles. The number of benzene rings is 1. The van der Waals surface area contributed by atoms with Gasteiger partial charge in [-0.25, -0.2) is 13.2 Å². The number of ether oxygens (including phenoxy) is 3. The fourth-order valence-corrected chi connectivity index (χ4v) is 2.98. The summed E-state index contributed by atoms with van der Waals surface area (Å²) in [5.74, 6) is -0.722. The van der Waals surface area contributed by atoms with Crippen LogP contribution in [0.4, 0.5) is 0 Å². The Morgan fingerprint density at radius 3 is 2.24 bits per heavy atom. The van der Waals surface area contributed by atoms with Gasteiger partial charge in [0.1, 0.15) is 5.60 Å². The van der Waals surface area contributed by atoms with Crippen molar-refractivity contribution >= 4 is 15.8 Å². The maximum atomic E-state index is 12.5. The predicted molar refractivity (Wildman–Crippen MR) is 95.0 cm³/mol. The van der Waals surface area contributed by atoms with Crippen LogP contribution in [0, 0.1) is 6.92 Å². The van der Waals surface area contributed by atoms with Crippen molar-refractivity contribution in [2.45, 2.75) is 38.2 Å². The van der Waals surface area contributed by atoms with E-state index in [1.807, 2.05) is 6.92 Å². The number of carbonyl (C=O) groups is 1. The van der Waals surface area contributed by atoms with E-state index in [9.17, 15) is 13.2 Å². The van der Waals surface area contributed by atoms with E-state index in [0.717, 1.165) is 11.0 Å². The number of rotatable bonds is 8. The van der Waals surface area contributed by atoms with Gasteiger partial charge in [0.2, 0.25) is 0 Å². The van der Waals surface area contributed by atoms with Crippen LogP contribution >= 0.6 is 0 Å². The first-order chi connectivity index (χ1) is 11.5. The Bertz CT molecular complexity index is 696. The third-order valence-electron chi connectivity index (χ3n) is 3.00. The summed E-state index contributed by atoms with van der Waals surface area (Å²) in [6, 6.07) is 6.39. The molecular weight excluding hydrogens is 344 g/mol. The molecule has 0 fully saturated rings. The molecule has 0 saturated carbocycles. The van der Waals surface area contributed by atoms with Crippen molar-refractivity contribution in [3.63, 3.8) is 0 Å². The molecule has 0 aliphatic heterocycles. The summed E-state index contributed by atoms with van der Waals surface area (Å²) < 4.78 is 40.6. The summed E-state index contributed by atoms with van der Waals surface area (Å²) >= 11 is 0. The number of hydrogen-bond donors (Lipinski definition) is 0. The quantitative estimate of drug-likeness (QED) is 0.398. The Kier molecular flexibility index (Phi) is 7.79. The van der Waals surface area contributed by atoms with Crippen molar-refractivity contribution in [1.82, 2.24) is 0 Å². The highest BCUT2D eigenvalue weighted by molar-refractivity contribution is 7.94. The first kappa shape index (κ1) is 21.3. The number of methoxy groups -OCH3 is 1. The zero-order valence-corrected chi connectivity index (χ0v) is 16.2. The molecule has 1 rings (SSSR count). The van der Waals surface area contributed by atoms with Gasteiger partial charge in [-0.15, -0.1) is 0 Å². The van der Waals surface area contributed by atoms with Gasteiger partial charge in [-0.1, -0.05) is 17.7 Å². The molecule has 7 heteroatoms. The summed E-state index contributed by atoms with van der Waals surface area (Å²) in [5.41, 5.74) is 0.140. The number of aryl methyl sites for hydroxylation is 1. The molecule has 0 aliphatic carbocycles. The molecule has 0 bridgehead atoms. The van der Waals surface area contributed by atoms with Gasteiger partial charge in [-0.3, -0.25) is 0 Å². The third-order valence-corrected chi connectivity index (χ3v) is 4.52. The van der Waals surface area contributed by atoms with E-state index in [0.29, 0.717) is 6.61 Å². The Balaban J connectivity index is 3.08. The van der Waals surface area contributed by atoms with E-state index in [1.54, 1.807) is 32.9 Å². The first-order valence-corrected chi connectivity index (χ1v) is 9.42. The lowest BCUT2D eigenvalue weighted by Crippen LogP contribution is -2.26. The molecule has 6 nitrogen and oxygen atoms in total. The predicted octanol–water partition coefficient (Wildman–Crippen LogP) is 2.66. The topological polar surface area (TPSA) is 78.9 Å². The molecule has 0 atom stereocenters. The first-order valence-electron chi connectivity index (χ1n) is 7.87. The number of carbonyl (C=O) groups excluding carboxylic acids is 1. The van der Waals surface area contributed by atoms with Crippen molar-refractivity contribution in [1.29, 1.82) is 0 Å². The molecule has 0 aliphatic rings. The van der Waals surface area contributed by atoms with Crippen molar-refractivity contribution in [2.75, 3.05) is 26.9 Å². The molecule has 1 aromatic rings. The SMILES string of the molecule is COCCOC/C(=C\S(=O)(=O)c1ccc(C)cc1)C(=O)OC(C)(C)C. The van der Waals surface area contributed by atoms with Crippen LogP contribution in [0.3, 0.4) is 0 Å². The van der Waals surface area contributed by atoms with Gasteiger partial charge in [0.15, 0.2) is 9.84 Å². The van der Waals surface area contributed by atoms with Crippen LogP contribution in [-0.2, 0) is 28.8 Å². The van der Waals surface area contributed by atoms with Gasteiger partial charge in [-0.2, -0.15) is 0 Å². The summed E-state index contributed by atoms with van der Waals surface area (Å²) in [5, 5.41) is 0.915. The summed E-state index contributed by atoms with van der Waals surface area (Å²) in [7, 11) is -2.27. The second kappa shape index (κ2) is 9.12. The highest BCUT2D eigenvalue weighted by atomic mass is 32.2. The monoisotopic (exact) mass is 370 g/mol. The average molecular weight is 370 g/mol. The number of hydrogen-bond acceptors (Lipinski definition) is 6. The minimum absolute atomic E-state index is 0.0633. The largest absolute Gasteiger partial charge is 0.457 e. The van der Waals surface area contributed by atoms with E-state index in [4.69, 9.17) is 14.2 Å². The molecule has 0 saturated heterocycles. The summed E-state index contributed by atoms with van der Waals surface area (Å²) in [6.07, 6.45) is 0. The molecule has 25 heavy (non-hydrogen) atoms. The van der Waals surface area contributed by atoms with Crippen LogP contribution in [0.2, 0.25) is 0 Å². The number of esters is 1. The van der Waals surface area contributed by atoms with E-state index in [-0.39, 0.29) is 23.7 Å². The lowest BCUT2D eigenvalue weighted by molar-refractivity contribution is -0.150. The van der Waals surface area contributed by atoms with Gasteiger partial charge in [0, 0.05) is 12.5 Å². The van der Waals surface area contributed by atoms with E-state index < -0.39 is 21.4 Å². The maximum absolute atomic E-state index is 12.5. The van der Waals surface area contributed by atoms with E-state index in [1.165, 1.54) is 19.2 Å². The normalized spacial score (nSPS) is 12.9. The van der Waals surface area contributed by atoms with Crippen LogP contribution in [-0.4, -0.2) is 46.9 Å². The van der Waals surface area contributed by atoms with Crippen LogP contribution in [0.5, 0.6) is 0 Å². The molecule has 140 valence electrons. The third kappa shape index (κ3) is 7.81. The fourth-order valence-electron chi connectivity index (χ4n) is 1.79. The maximum Gasteiger partial charge on any atom is 0.337 e. The minimum Gasteiger partial charge on any atom is -0.457 e. The Morgan fingerprint density at radius 2 is 1.72 bits per heavy atom. The smallest absolute Gasteiger partial charge is 0.337 e. The van der Waals surface area contributed by atoms with Crippen LogP contribution in [0.25, 0.3) is 0 Å². The number of sulfone groups is 1. The Labute approximate surface area is 149 Å². The molecule has 0 N–H and O–H groups in total. The van der Waals surface area contributed by atoms with Crippen LogP contribution in [0.15, 0.2) is 40.1 Å². The fraction of sp³-hybridized carbons (Fsp3) is 0.500. The van der Waals surface area contributed by atoms with Gasteiger partial charge < -0.3 is 14.2 Å². The second-order valence-corrected chi connectivity index (χ2v) is 8.35. The highest BCUT2D eigenvalue weighted by Gasteiger charge is 2.23. The van der Waals surface area contributed by atoms with Crippen molar-refractivity contribution in [3.8, 4) is 0 Å². The minimum atomic E-state index is -3.79. The molecule has 1 aromatic carbocycles. The van der Waals surface area contributed by atoms with Crippen LogP contribution < -0.4 is 0 Å². The molecule has 0 radical (unpaired) electrons. The highest BCUT2D eigenvalue weighted by Crippen LogP contribution is 2.18. The van der Waals surface area contributed by atoms with E-state index in [2.05, 4.69) is 0 Å². The molecule has 0 heterocycles. The molecular formula is C18H26O6S. The second-order valence-electron chi connectivity index (χ2n) is 6.55. The van der Waals surface area contributed by atoms with Gasteiger partial charge in [0.05, 0.1) is 30.3 Å². The van der Waals surface area contributed by atoms with Gasteiger partial charge >= 0.3 is 5.97 Å². The summed E-state index contributed by atoms with van der Waals surface area (Å²) in [4.78, 5) is 12.4. The Hall–Kier alpha value is -1.70. The van der Waals surface area contributed by atoms with E-state index >= 15 is 0 Å². The van der Waals surface area contributed by atoms with Crippen molar-refractivity contribution < 1.29 is 27.4 Å².